The molecule has 0 aliphatic rings. The summed E-state index contributed by atoms with van der Waals surface area (Å²) in [5, 5.41) is 13.1. The number of hydrogen-bond acceptors (Lipinski definition) is 3. The molecule has 2 N–H and O–H groups in total. The minimum atomic E-state index is -0.580. The van der Waals surface area contributed by atoms with Crippen molar-refractivity contribution in [3.8, 4) is 5.75 Å². The molecule has 2 aromatic carbocycles. The molecule has 2 atom stereocenters. The topological polar surface area (TPSA) is 58.6 Å². The molecule has 0 aliphatic heterocycles. The zero-order valence-electron chi connectivity index (χ0n) is 13.5. The predicted octanol–water partition coefficient (Wildman–Crippen LogP) is 2.87. The molecule has 0 fully saturated rings. The van der Waals surface area contributed by atoms with Gasteiger partial charge in [0.2, 0.25) is 5.91 Å². The summed E-state index contributed by atoms with van der Waals surface area (Å²) in [4.78, 5) is 12.1. The second kappa shape index (κ2) is 8.34. The summed E-state index contributed by atoms with van der Waals surface area (Å²) in [6.07, 6.45) is 0.194. The molecule has 2 rings (SSSR count). The van der Waals surface area contributed by atoms with Gasteiger partial charge in [0.15, 0.2) is 0 Å². The summed E-state index contributed by atoms with van der Waals surface area (Å²) in [6, 6.07) is 16.8. The summed E-state index contributed by atoms with van der Waals surface area (Å²) in [6.45, 7) is 1.90. The highest BCUT2D eigenvalue weighted by atomic mass is 16.5. The Bertz CT molecular complexity index is 628. The molecule has 0 aromatic heterocycles. The van der Waals surface area contributed by atoms with Crippen LogP contribution < -0.4 is 10.1 Å². The third-order valence-corrected chi connectivity index (χ3v) is 3.67. The Hall–Kier alpha value is -2.33. The lowest BCUT2D eigenvalue weighted by atomic mass is 10.0. The zero-order valence-corrected chi connectivity index (χ0v) is 13.5. The lowest BCUT2D eigenvalue weighted by Crippen LogP contribution is -2.34. The molecule has 0 bridgehead atoms. The van der Waals surface area contributed by atoms with Crippen LogP contribution in [0.5, 0.6) is 5.75 Å². The van der Waals surface area contributed by atoms with Crippen molar-refractivity contribution in [2.45, 2.75) is 31.9 Å². The van der Waals surface area contributed by atoms with Crippen molar-refractivity contribution in [1.82, 2.24) is 5.32 Å². The van der Waals surface area contributed by atoms with Crippen LogP contribution in [-0.4, -0.2) is 24.2 Å². The molecule has 0 aliphatic carbocycles. The Morgan fingerprint density at radius 2 is 1.91 bits per heavy atom. The highest BCUT2D eigenvalue weighted by Gasteiger charge is 2.14. The third-order valence-electron chi connectivity index (χ3n) is 3.67. The van der Waals surface area contributed by atoms with Crippen molar-refractivity contribution in [2.24, 2.45) is 0 Å². The van der Waals surface area contributed by atoms with Crippen LogP contribution in [0.1, 0.15) is 30.6 Å². The van der Waals surface area contributed by atoms with E-state index in [0.717, 1.165) is 16.9 Å². The molecule has 2 aromatic rings. The van der Waals surface area contributed by atoms with E-state index in [1.807, 2.05) is 61.5 Å². The quantitative estimate of drug-likeness (QED) is 0.826. The van der Waals surface area contributed by atoms with E-state index in [1.165, 1.54) is 0 Å². The van der Waals surface area contributed by atoms with Crippen LogP contribution in [0.2, 0.25) is 0 Å². The fourth-order valence-electron chi connectivity index (χ4n) is 2.50. The molecule has 122 valence electrons. The largest absolute Gasteiger partial charge is 0.497 e. The highest BCUT2D eigenvalue weighted by Crippen LogP contribution is 2.18. The number of aliphatic hydroxyl groups is 1. The van der Waals surface area contributed by atoms with E-state index < -0.39 is 6.10 Å². The second-order valence-electron chi connectivity index (χ2n) is 5.66. The van der Waals surface area contributed by atoms with Gasteiger partial charge in [-0.3, -0.25) is 4.79 Å². The molecule has 0 radical (unpaired) electrons. The first-order chi connectivity index (χ1) is 11.1. The van der Waals surface area contributed by atoms with Crippen LogP contribution in [0, 0.1) is 0 Å². The molecule has 0 heterocycles. The summed E-state index contributed by atoms with van der Waals surface area (Å²) >= 11 is 0. The lowest BCUT2D eigenvalue weighted by Gasteiger charge is -2.18. The number of benzene rings is 2. The molecule has 0 saturated carbocycles. The SMILES string of the molecule is COc1cccc(CC(=O)N[C@H](C)C[C@@H](O)c2ccccc2)c1. The van der Waals surface area contributed by atoms with Crippen LogP contribution in [0.15, 0.2) is 54.6 Å². The summed E-state index contributed by atoms with van der Waals surface area (Å²) < 4.78 is 5.15. The molecular formula is C19H23NO3. The van der Waals surface area contributed by atoms with Gasteiger partial charge in [-0.05, 0) is 36.6 Å². The number of rotatable bonds is 7. The smallest absolute Gasteiger partial charge is 0.224 e. The predicted molar refractivity (Wildman–Crippen MR) is 90.3 cm³/mol. The van der Waals surface area contributed by atoms with E-state index in [2.05, 4.69) is 5.32 Å². The molecule has 1 amide bonds. The number of carbonyl (C=O) groups is 1. The van der Waals surface area contributed by atoms with Crippen molar-refractivity contribution in [3.05, 3.63) is 65.7 Å². The molecular weight excluding hydrogens is 290 g/mol. The Kier molecular flexibility index (Phi) is 6.18. The van der Waals surface area contributed by atoms with Gasteiger partial charge in [0.1, 0.15) is 5.75 Å². The van der Waals surface area contributed by atoms with E-state index in [-0.39, 0.29) is 11.9 Å². The van der Waals surface area contributed by atoms with Crippen LogP contribution in [0.4, 0.5) is 0 Å². The molecule has 4 heteroatoms. The number of methoxy groups -OCH3 is 1. The van der Waals surface area contributed by atoms with E-state index in [4.69, 9.17) is 4.74 Å². The van der Waals surface area contributed by atoms with Crippen molar-refractivity contribution in [1.29, 1.82) is 0 Å². The maximum absolute atomic E-state index is 12.1. The highest BCUT2D eigenvalue weighted by molar-refractivity contribution is 5.78. The number of ether oxygens (including phenoxy) is 1. The van der Waals surface area contributed by atoms with E-state index in [1.54, 1.807) is 7.11 Å². The van der Waals surface area contributed by atoms with Crippen LogP contribution in [0.25, 0.3) is 0 Å². The lowest BCUT2D eigenvalue weighted by molar-refractivity contribution is -0.121. The molecule has 0 unspecified atom stereocenters. The summed E-state index contributed by atoms with van der Waals surface area (Å²) in [7, 11) is 1.60. The van der Waals surface area contributed by atoms with Gasteiger partial charge in [-0.15, -0.1) is 0 Å². The van der Waals surface area contributed by atoms with E-state index in [0.29, 0.717) is 12.8 Å². The van der Waals surface area contributed by atoms with Crippen LogP contribution in [0.3, 0.4) is 0 Å². The molecule has 23 heavy (non-hydrogen) atoms. The number of carbonyl (C=O) groups excluding carboxylic acids is 1. The fraction of sp³-hybridized carbons (Fsp3) is 0.316. The van der Waals surface area contributed by atoms with E-state index in [9.17, 15) is 9.90 Å². The summed E-state index contributed by atoms with van der Waals surface area (Å²) in [5.41, 5.74) is 1.76. The average Bonchev–Trinajstić information content (AvgIpc) is 2.55. The number of aliphatic hydroxyl groups excluding tert-OH is 1. The minimum Gasteiger partial charge on any atom is -0.497 e. The minimum absolute atomic E-state index is 0.0639. The van der Waals surface area contributed by atoms with Crippen molar-refractivity contribution in [3.63, 3.8) is 0 Å². The van der Waals surface area contributed by atoms with Gasteiger partial charge in [0.25, 0.3) is 0 Å². The van der Waals surface area contributed by atoms with Gasteiger partial charge in [0.05, 0.1) is 19.6 Å². The first kappa shape index (κ1) is 17.0. The van der Waals surface area contributed by atoms with Gasteiger partial charge in [-0.2, -0.15) is 0 Å². The first-order valence-electron chi connectivity index (χ1n) is 7.74. The van der Waals surface area contributed by atoms with Gasteiger partial charge in [0, 0.05) is 6.04 Å². The Balaban J connectivity index is 1.84. The maximum atomic E-state index is 12.1. The van der Waals surface area contributed by atoms with Gasteiger partial charge >= 0.3 is 0 Å². The van der Waals surface area contributed by atoms with Crippen molar-refractivity contribution in [2.75, 3.05) is 7.11 Å². The first-order valence-corrected chi connectivity index (χ1v) is 7.74. The maximum Gasteiger partial charge on any atom is 0.224 e. The van der Waals surface area contributed by atoms with Crippen LogP contribution in [-0.2, 0) is 11.2 Å². The zero-order chi connectivity index (χ0) is 16.7. The number of amides is 1. The summed E-state index contributed by atoms with van der Waals surface area (Å²) in [5.74, 6) is 0.675. The number of hydrogen-bond donors (Lipinski definition) is 2. The third kappa shape index (κ3) is 5.42. The van der Waals surface area contributed by atoms with Crippen LogP contribution >= 0.6 is 0 Å². The Morgan fingerprint density at radius 1 is 1.17 bits per heavy atom. The average molecular weight is 313 g/mol. The Labute approximate surface area is 137 Å². The second-order valence-corrected chi connectivity index (χ2v) is 5.66. The van der Waals surface area contributed by atoms with E-state index >= 15 is 0 Å². The monoisotopic (exact) mass is 313 g/mol. The van der Waals surface area contributed by atoms with Gasteiger partial charge < -0.3 is 15.2 Å². The standard InChI is InChI=1S/C19H23NO3/c1-14(11-18(21)16-8-4-3-5-9-16)20-19(22)13-15-7-6-10-17(12-15)23-2/h3-10,12,14,18,21H,11,13H2,1-2H3,(H,20,22)/t14-,18-/m1/s1. The Morgan fingerprint density at radius 3 is 2.61 bits per heavy atom. The molecule has 4 nitrogen and oxygen atoms in total. The fourth-order valence-corrected chi connectivity index (χ4v) is 2.50. The van der Waals surface area contributed by atoms with Crippen molar-refractivity contribution < 1.29 is 14.6 Å². The number of nitrogens with one attached hydrogen (secondary N) is 1. The molecule has 0 saturated heterocycles. The van der Waals surface area contributed by atoms with Gasteiger partial charge in [-0.25, -0.2) is 0 Å². The molecule has 0 spiro atoms. The normalized spacial score (nSPS) is 13.2. The van der Waals surface area contributed by atoms with Crippen molar-refractivity contribution >= 4 is 5.91 Å². The van der Waals surface area contributed by atoms with Gasteiger partial charge in [-0.1, -0.05) is 42.5 Å².